The van der Waals surface area contributed by atoms with Crippen molar-refractivity contribution in [3.63, 3.8) is 0 Å². The van der Waals surface area contributed by atoms with Gasteiger partial charge in [-0.3, -0.25) is 14.7 Å². The molecule has 4 N–H and O–H groups in total. The Hall–Kier alpha value is -3.86. The van der Waals surface area contributed by atoms with E-state index < -0.39 is 0 Å². The Morgan fingerprint density at radius 3 is 2.67 bits per heavy atom. The summed E-state index contributed by atoms with van der Waals surface area (Å²) in [6.07, 6.45) is 7.78. The quantitative estimate of drug-likeness (QED) is 0.340. The standard InChI is InChI=1S/C30H34N8O2/c31-21-2-1-11-37(15-21)14-19-9-10-32-27(12-19)30(39)35-22-5-3-20(4-6-22)26-13-25-28(36-26)33-18-34-29(25)38-23-7-8-24(38)17-40-16-23/h3-6,9-10,12-13,18,21,23-24H,1-2,7-8,11,14-17,31H2,(H,35,39)(H,33,34,36)/t21-,23-,24+/m1/s1. The SMILES string of the molecule is N[C@@H]1CCCN(Cc2ccnc(C(=O)Nc3ccc(-c4cc5c(N6[C@@H]7CC[C@H]6COC7)ncnc5[nH]4)cc3)c2)C1. The molecule has 1 aromatic carbocycles. The minimum Gasteiger partial charge on any atom is -0.377 e. The fourth-order valence-corrected chi connectivity index (χ4v) is 6.38. The van der Waals surface area contributed by atoms with Crippen LogP contribution in [0.25, 0.3) is 22.3 Å². The molecule has 6 heterocycles. The van der Waals surface area contributed by atoms with Gasteiger partial charge in [0.2, 0.25) is 0 Å². The van der Waals surface area contributed by atoms with Crippen LogP contribution in [0.2, 0.25) is 0 Å². The van der Waals surface area contributed by atoms with Crippen molar-refractivity contribution in [3.8, 4) is 11.3 Å². The molecule has 0 spiro atoms. The highest BCUT2D eigenvalue weighted by molar-refractivity contribution is 6.03. The van der Waals surface area contributed by atoms with Gasteiger partial charge in [-0.05, 0) is 73.7 Å². The molecule has 10 nitrogen and oxygen atoms in total. The summed E-state index contributed by atoms with van der Waals surface area (Å²) >= 11 is 0. The predicted molar refractivity (Wildman–Crippen MR) is 154 cm³/mol. The number of H-pyrrole nitrogens is 1. The first-order valence-corrected chi connectivity index (χ1v) is 14.2. The molecule has 0 saturated carbocycles. The second kappa shape index (κ2) is 10.6. The van der Waals surface area contributed by atoms with E-state index in [0.717, 1.165) is 92.2 Å². The molecule has 206 valence electrons. The second-order valence-corrected chi connectivity index (χ2v) is 11.2. The number of aromatic nitrogens is 4. The first-order chi connectivity index (χ1) is 19.6. The third kappa shape index (κ3) is 4.94. The summed E-state index contributed by atoms with van der Waals surface area (Å²) in [5.74, 6) is 0.751. The van der Waals surface area contributed by atoms with Gasteiger partial charge in [-0.1, -0.05) is 12.1 Å². The van der Waals surface area contributed by atoms with Crippen molar-refractivity contribution in [2.45, 2.75) is 50.4 Å². The Kier molecular flexibility index (Phi) is 6.66. The zero-order valence-electron chi connectivity index (χ0n) is 22.4. The molecule has 7 rings (SSSR count). The van der Waals surface area contributed by atoms with E-state index in [1.54, 1.807) is 12.5 Å². The molecule has 1 amide bonds. The van der Waals surface area contributed by atoms with E-state index in [4.69, 9.17) is 10.5 Å². The molecule has 3 aliphatic rings. The summed E-state index contributed by atoms with van der Waals surface area (Å²) in [5, 5.41) is 4.00. The number of piperidine rings is 1. The van der Waals surface area contributed by atoms with Crippen LogP contribution in [-0.4, -0.2) is 75.2 Å². The molecular weight excluding hydrogens is 504 g/mol. The van der Waals surface area contributed by atoms with E-state index in [2.05, 4.69) is 41.1 Å². The molecule has 0 radical (unpaired) electrons. The molecule has 2 bridgehead atoms. The van der Waals surface area contributed by atoms with Gasteiger partial charge in [0.1, 0.15) is 23.5 Å². The number of nitrogens with one attached hydrogen (secondary N) is 2. The Morgan fingerprint density at radius 1 is 1.05 bits per heavy atom. The number of pyridine rings is 1. The molecule has 3 fully saturated rings. The van der Waals surface area contributed by atoms with Crippen LogP contribution in [0.1, 0.15) is 41.7 Å². The minimum absolute atomic E-state index is 0.223. The van der Waals surface area contributed by atoms with Crippen LogP contribution in [0.5, 0.6) is 0 Å². The second-order valence-electron chi connectivity index (χ2n) is 11.2. The first kappa shape index (κ1) is 25.1. The third-order valence-corrected chi connectivity index (χ3v) is 8.35. The van der Waals surface area contributed by atoms with Crippen LogP contribution in [-0.2, 0) is 11.3 Å². The van der Waals surface area contributed by atoms with Crippen molar-refractivity contribution < 1.29 is 9.53 Å². The summed E-state index contributed by atoms with van der Waals surface area (Å²) in [7, 11) is 0. The fourth-order valence-electron chi connectivity index (χ4n) is 6.38. The summed E-state index contributed by atoms with van der Waals surface area (Å²) in [4.78, 5) is 34.7. The highest BCUT2D eigenvalue weighted by Crippen LogP contribution is 2.37. The largest absolute Gasteiger partial charge is 0.377 e. The molecule has 3 aliphatic heterocycles. The number of rotatable bonds is 6. The van der Waals surface area contributed by atoms with E-state index in [9.17, 15) is 4.79 Å². The number of morpholine rings is 1. The Balaban J connectivity index is 1.05. The maximum Gasteiger partial charge on any atom is 0.274 e. The number of carbonyl (C=O) groups is 1. The normalized spacial score (nSPS) is 23.0. The smallest absolute Gasteiger partial charge is 0.274 e. The lowest BCUT2D eigenvalue weighted by atomic mass is 10.1. The number of carbonyl (C=O) groups excluding carboxylic acids is 1. The monoisotopic (exact) mass is 538 g/mol. The fraction of sp³-hybridized carbons (Fsp3) is 0.400. The average molecular weight is 539 g/mol. The number of anilines is 2. The van der Waals surface area contributed by atoms with Gasteiger partial charge in [-0.25, -0.2) is 9.97 Å². The highest BCUT2D eigenvalue weighted by atomic mass is 16.5. The topological polar surface area (TPSA) is 125 Å². The molecule has 40 heavy (non-hydrogen) atoms. The zero-order chi connectivity index (χ0) is 27.1. The van der Waals surface area contributed by atoms with Gasteiger partial charge in [0.05, 0.1) is 30.7 Å². The molecule has 10 heteroatoms. The summed E-state index contributed by atoms with van der Waals surface area (Å²) in [5.41, 5.74) is 11.1. The maximum atomic E-state index is 13.0. The summed E-state index contributed by atoms with van der Waals surface area (Å²) in [6.45, 7) is 4.19. The summed E-state index contributed by atoms with van der Waals surface area (Å²) in [6, 6.07) is 14.7. The third-order valence-electron chi connectivity index (χ3n) is 8.35. The van der Waals surface area contributed by atoms with E-state index in [0.29, 0.717) is 23.5 Å². The van der Waals surface area contributed by atoms with Crippen molar-refractivity contribution in [2.24, 2.45) is 5.73 Å². The number of hydrogen-bond donors (Lipinski definition) is 3. The number of benzene rings is 1. The lowest BCUT2D eigenvalue weighted by molar-refractivity contribution is 0.0904. The van der Waals surface area contributed by atoms with Crippen LogP contribution in [0.4, 0.5) is 11.5 Å². The van der Waals surface area contributed by atoms with Crippen LogP contribution < -0.4 is 16.0 Å². The van der Waals surface area contributed by atoms with Gasteiger partial charge >= 0.3 is 0 Å². The van der Waals surface area contributed by atoms with Crippen molar-refractivity contribution in [2.75, 3.05) is 36.5 Å². The molecule has 3 saturated heterocycles. The van der Waals surface area contributed by atoms with Gasteiger partial charge in [-0.15, -0.1) is 0 Å². The average Bonchev–Trinajstić information content (AvgIpc) is 3.51. The lowest BCUT2D eigenvalue weighted by Gasteiger charge is -2.35. The number of likely N-dealkylation sites (tertiary alicyclic amines) is 1. The van der Waals surface area contributed by atoms with Crippen molar-refractivity contribution in [1.29, 1.82) is 0 Å². The number of nitrogens with two attached hydrogens (primary N) is 1. The van der Waals surface area contributed by atoms with E-state index in [-0.39, 0.29) is 11.9 Å². The Morgan fingerprint density at radius 2 is 1.88 bits per heavy atom. The van der Waals surface area contributed by atoms with Crippen LogP contribution in [0.3, 0.4) is 0 Å². The number of amides is 1. The number of hydrogen-bond acceptors (Lipinski definition) is 8. The van der Waals surface area contributed by atoms with Crippen molar-refractivity contribution >= 4 is 28.4 Å². The molecule has 0 aliphatic carbocycles. The van der Waals surface area contributed by atoms with Gasteiger partial charge in [0.15, 0.2) is 0 Å². The predicted octanol–water partition coefficient (Wildman–Crippen LogP) is 3.56. The minimum atomic E-state index is -0.226. The number of fused-ring (bicyclic) bond motifs is 3. The number of aromatic amines is 1. The molecule has 3 aromatic heterocycles. The van der Waals surface area contributed by atoms with Crippen molar-refractivity contribution in [3.05, 3.63) is 66.2 Å². The lowest BCUT2D eigenvalue weighted by Crippen LogP contribution is -2.46. The Bertz CT molecular complexity index is 1500. The maximum absolute atomic E-state index is 13.0. The van der Waals surface area contributed by atoms with E-state index in [1.807, 2.05) is 36.4 Å². The molecule has 4 aromatic rings. The molecule has 0 unspecified atom stereocenters. The van der Waals surface area contributed by atoms with E-state index >= 15 is 0 Å². The first-order valence-electron chi connectivity index (χ1n) is 14.2. The van der Waals surface area contributed by atoms with Crippen molar-refractivity contribution in [1.82, 2.24) is 24.8 Å². The molecule has 3 atom stereocenters. The number of nitrogens with zero attached hydrogens (tertiary/aromatic N) is 5. The summed E-state index contributed by atoms with van der Waals surface area (Å²) < 4.78 is 5.77. The number of ether oxygens (including phenoxy) is 1. The van der Waals surface area contributed by atoms with Gasteiger partial charge in [0, 0.05) is 36.7 Å². The molecular formula is C30H34N8O2. The zero-order valence-corrected chi connectivity index (χ0v) is 22.4. The van der Waals surface area contributed by atoms with Crippen LogP contribution >= 0.6 is 0 Å². The van der Waals surface area contributed by atoms with Gasteiger partial charge in [0.25, 0.3) is 5.91 Å². The van der Waals surface area contributed by atoms with E-state index in [1.165, 1.54) is 0 Å². The Labute approximate surface area is 233 Å². The van der Waals surface area contributed by atoms with Crippen LogP contribution in [0.15, 0.2) is 55.0 Å². The van der Waals surface area contributed by atoms with Crippen LogP contribution in [0, 0.1) is 0 Å². The van der Waals surface area contributed by atoms with Gasteiger partial charge in [-0.2, -0.15) is 0 Å². The highest BCUT2D eigenvalue weighted by Gasteiger charge is 2.39. The van der Waals surface area contributed by atoms with Gasteiger partial charge < -0.3 is 25.7 Å².